The van der Waals surface area contributed by atoms with Crippen LogP contribution in [-0.2, 0) is 4.79 Å². The average molecular weight is 351 g/mol. The lowest BCUT2D eigenvalue weighted by atomic mass is 10.1. The molecule has 0 unspecified atom stereocenters. The van der Waals surface area contributed by atoms with Crippen molar-refractivity contribution in [2.24, 2.45) is 0 Å². The second-order valence-electron chi connectivity index (χ2n) is 5.79. The maximum Gasteiger partial charge on any atom is 0.265 e. The lowest BCUT2D eigenvalue weighted by molar-refractivity contribution is -0.122. The van der Waals surface area contributed by atoms with E-state index in [1.807, 2.05) is 42.5 Å². The van der Waals surface area contributed by atoms with Crippen LogP contribution in [0.5, 0.6) is 17.2 Å². The quantitative estimate of drug-likeness (QED) is 0.721. The van der Waals surface area contributed by atoms with Gasteiger partial charge in [-0.1, -0.05) is 36.4 Å². The van der Waals surface area contributed by atoms with Gasteiger partial charge in [0.05, 0.1) is 19.9 Å². The molecule has 0 heterocycles. The molecule has 0 aromatic heterocycles. The fourth-order valence-corrected chi connectivity index (χ4v) is 2.69. The molecule has 1 N–H and O–H groups in total. The number of rotatable bonds is 6. The van der Waals surface area contributed by atoms with Gasteiger partial charge in [-0.15, -0.1) is 0 Å². The molecule has 5 heteroatoms. The number of carbonyl (C=O) groups excluding carboxylic acids is 1. The number of hydrogen-bond acceptors (Lipinski definition) is 4. The molecule has 134 valence electrons. The first kappa shape index (κ1) is 17.6. The van der Waals surface area contributed by atoms with E-state index in [1.165, 1.54) is 0 Å². The van der Waals surface area contributed by atoms with Crippen LogP contribution in [-0.4, -0.2) is 26.2 Å². The summed E-state index contributed by atoms with van der Waals surface area (Å²) in [5.74, 6) is 1.58. The normalized spacial score (nSPS) is 11.7. The molecule has 0 spiro atoms. The van der Waals surface area contributed by atoms with Gasteiger partial charge in [-0.25, -0.2) is 0 Å². The van der Waals surface area contributed by atoms with Crippen molar-refractivity contribution in [3.05, 3.63) is 60.7 Å². The van der Waals surface area contributed by atoms with Crippen LogP contribution < -0.4 is 19.5 Å². The Labute approximate surface area is 152 Å². The van der Waals surface area contributed by atoms with E-state index in [1.54, 1.807) is 39.3 Å². The topological polar surface area (TPSA) is 56.8 Å². The summed E-state index contributed by atoms with van der Waals surface area (Å²) >= 11 is 0. The minimum Gasteiger partial charge on any atom is -0.497 e. The largest absolute Gasteiger partial charge is 0.497 e. The first-order valence-electron chi connectivity index (χ1n) is 8.29. The van der Waals surface area contributed by atoms with E-state index in [2.05, 4.69) is 5.32 Å². The fourth-order valence-electron chi connectivity index (χ4n) is 2.69. The maximum atomic E-state index is 12.6. The molecule has 0 fully saturated rings. The summed E-state index contributed by atoms with van der Waals surface area (Å²) in [5, 5.41) is 4.86. The zero-order chi connectivity index (χ0) is 18.5. The Kier molecular flexibility index (Phi) is 5.27. The Morgan fingerprint density at radius 3 is 2.46 bits per heavy atom. The number of ether oxygens (including phenoxy) is 3. The Morgan fingerprint density at radius 1 is 0.923 bits per heavy atom. The lowest BCUT2D eigenvalue weighted by Gasteiger charge is -2.17. The predicted molar refractivity (Wildman–Crippen MR) is 102 cm³/mol. The summed E-state index contributed by atoms with van der Waals surface area (Å²) in [6, 6.07) is 18.9. The van der Waals surface area contributed by atoms with Crippen molar-refractivity contribution < 1.29 is 19.0 Å². The van der Waals surface area contributed by atoms with Gasteiger partial charge in [0.2, 0.25) is 0 Å². The monoisotopic (exact) mass is 351 g/mol. The summed E-state index contributed by atoms with van der Waals surface area (Å²) in [6.45, 7) is 1.71. The Balaban J connectivity index is 1.78. The zero-order valence-corrected chi connectivity index (χ0v) is 15.0. The van der Waals surface area contributed by atoms with Gasteiger partial charge in [-0.3, -0.25) is 4.79 Å². The fraction of sp³-hybridized carbons (Fsp3) is 0.190. The van der Waals surface area contributed by atoms with Crippen molar-refractivity contribution in [1.82, 2.24) is 0 Å². The van der Waals surface area contributed by atoms with Gasteiger partial charge >= 0.3 is 0 Å². The molecule has 0 saturated heterocycles. The number of benzene rings is 3. The second kappa shape index (κ2) is 7.78. The highest BCUT2D eigenvalue weighted by Crippen LogP contribution is 2.30. The molecule has 0 radical (unpaired) electrons. The molecule has 0 aliphatic rings. The molecular formula is C21H21NO4. The number of hydrogen-bond donors (Lipinski definition) is 1. The molecule has 1 amide bonds. The van der Waals surface area contributed by atoms with Crippen LogP contribution in [0.25, 0.3) is 10.8 Å². The van der Waals surface area contributed by atoms with Crippen LogP contribution in [0.15, 0.2) is 60.7 Å². The number of anilines is 1. The van der Waals surface area contributed by atoms with Crippen LogP contribution in [0.1, 0.15) is 6.92 Å². The first-order chi connectivity index (χ1) is 12.6. The molecule has 0 bridgehead atoms. The van der Waals surface area contributed by atoms with Crippen molar-refractivity contribution in [2.75, 3.05) is 19.5 Å². The van der Waals surface area contributed by atoms with Crippen molar-refractivity contribution >= 4 is 22.4 Å². The SMILES string of the molecule is COc1ccc(OC)c(NC(=O)[C@@H](C)Oc2cccc3ccccc23)c1. The summed E-state index contributed by atoms with van der Waals surface area (Å²) < 4.78 is 16.4. The molecule has 0 aliphatic carbocycles. The van der Waals surface area contributed by atoms with Crippen molar-refractivity contribution in [2.45, 2.75) is 13.0 Å². The van der Waals surface area contributed by atoms with Crippen LogP contribution in [0.4, 0.5) is 5.69 Å². The number of amides is 1. The van der Waals surface area contributed by atoms with E-state index in [0.717, 1.165) is 10.8 Å². The molecule has 3 rings (SSSR count). The first-order valence-corrected chi connectivity index (χ1v) is 8.29. The summed E-state index contributed by atoms with van der Waals surface area (Å²) in [4.78, 5) is 12.6. The van der Waals surface area contributed by atoms with Crippen molar-refractivity contribution in [3.8, 4) is 17.2 Å². The van der Waals surface area contributed by atoms with Crippen LogP contribution >= 0.6 is 0 Å². The highest BCUT2D eigenvalue weighted by atomic mass is 16.5. The minimum absolute atomic E-state index is 0.274. The van der Waals surface area contributed by atoms with Crippen molar-refractivity contribution in [3.63, 3.8) is 0 Å². The molecule has 3 aromatic rings. The van der Waals surface area contributed by atoms with Gasteiger partial charge in [0.25, 0.3) is 5.91 Å². The average Bonchev–Trinajstić information content (AvgIpc) is 2.68. The highest BCUT2D eigenvalue weighted by Gasteiger charge is 2.18. The smallest absolute Gasteiger partial charge is 0.265 e. The molecule has 0 saturated carbocycles. The van der Waals surface area contributed by atoms with Crippen molar-refractivity contribution in [1.29, 1.82) is 0 Å². The van der Waals surface area contributed by atoms with E-state index >= 15 is 0 Å². The highest BCUT2D eigenvalue weighted by molar-refractivity contribution is 5.96. The van der Waals surface area contributed by atoms with E-state index in [4.69, 9.17) is 14.2 Å². The van der Waals surface area contributed by atoms with Crippen LogP contribution in [0, 0.1) is 0 Å². The van der Waals surface area contributed by atoms with Gasteiger partial charge in [-0.2, -0.15) is 0 Å². The predicted octanol–water partition coefficient (Wildman–Crippen LogP) is 4.26. The van der Waals surface area contributed by atoms with Gasteiger partial charge in [0.15, 0.2) is 6.10 Å². The van der Waals surface area contributed by atoms with Crippen LogP contribution in [0.2, 0.25) is 0 Å². The van der Waals surface area contributed by atoms with E-state index in [-0.39, 0.29) is 5.91 Å². The summed E-state index contributed by atoms with van der Waals surface area (Å²) in [5.41, 5.74) is 0.533. The lowest BCUT2D eigenvalue weighted by Crippen LogP contribution is -2.30. The van der Waals surface area contributed by atoms with E-state index in [9.17, 15) is 4.79 Å². The van der Waals surface area contributed by atoms with Gasteiger partial charge < -0.3 is 19.5 Å². The third-order valence-corrected chi connectivity index (χ3v) is 4.09. The molecule has 0 aliphatic heterocycles. The number of nitrogens with one attached hydrogen (secondary N) is 1. The second-order valence-corrected chi connectivity index (χ2v) is 5.79. The molecule has 5 nitrogen and oxygen atoms in total. The Bertz CT molecular complexity index is 918. The number of carbonyl (C=O) groups is 1. The molecular weight excluding hydrogens is 330 g/mol. The Hall–Kier alpha value is -3.21. The Morgan fingerprint density at radius 2 is 1.69 bits per heavy atom. The third kappa shape index (κ3) is 3.72. The van der Waals surface area contributed by atoms with E-state index < -0.39 is 6.10 Å². The maximum absolute atomic E-state index is 12.6. The molecule has 1 atom stereocenters. The third-order valence-electron chi connectivity index (χ3n) is 4.09. The minimum atomic E-state index is -0.684. The summed E-state index contributed by atoms with van der Waals surface area (Å²) in [6.07, 6.45) is -0.684. The van der Waals surface area contributed by atoms with Gasteiger partial charge in [-0.05, 0) is 30.5 Å². The van der Waals surface area contributed by atoms with Gasteiger partial charge in [0.1, 0.15) is 17.2 Å². The zero-order valence-electron chi connectivity index (χ0n) is 15.0. The van der Waals surface area contributed by atoms with E-state index in [0.29, 0.717) is 22.9 Å². The number of methoxy groups -OCH3 is 2. The van der Waals surface area contributed by atoms with Crippen LogP contribution in [0.3, 0.4) is 0 Å². The number of fused-ring (bicyclic) bond motifs is 1. The molecule has 26 heavy (non-hydrogen) atoms. The standard InChI is InChI=1S/C21H21NO4/c1-14(26-19-10-6-8-15-7-4-5-9-17(15)19)21(23)22-18-13-16(24-2)11-12-20(18)25-3/h4-14H,1-3H3,(H,22,23)/t14-/m1/s1. The van der Waals surface area contributed by atoms with Gasteiger partial charge in [0, 0.05) is 11.5 Å². The molecule has 3 aromatic carbocycles. The summed E-state index contributed by atoms with van der Waals surface area (Å²) in [7, 11) is 3.12.